The van der Waals surface area contributed by atoms with Crippen molar-refractivity contribution >= 4 is 17.7 Å². The zero-order valence-electron chi connectivity index (χ0n) is 14.6. The summed E-state index contributed by atoms with van der Waals surface area (Å²) < 4.78 is 5.38. The largest absolute Gasteiger partial charge is 0.494 e. The first-order valence-electron chi connectivity index (χ1n) is 8.37. The zero-order chi connectivity index (χ0) is 17.4. The summed E-state index contributed by atoms with van der Waals surface area (Å²) in [5.41, 5.74) is 3.09. The molecule has 0 fully saturated rings. The molecule has 3 heteroatoms. The second kappa shape index (κ2) is 8.92. The van der Waals surface area contributed by atoms with Gasteiger partial charge in [-0.05, 0) is 60.7 Å². The van der Waals surface area contributed by atoms with E-state index in [0.29, 0.717) is 12.5 Å². The molecule has 0 aliphatic rings. The first-order valence-corrected chi connectivity index (χ1v) is 8.37. The Morgan fingerprint density at radius 3 is 2.33 bits per heavy atom. The van der Waals surface area contributed by atoms with Crippen molar-refractivity contribution in [1.82, 2.24) is 0 Å². The number of hydrogen-bond acceptors (Lipinski definition) is 2. The maximum Gasteiger partial charge on any atom is 0.248 e. The lowest BCUT2D eigenvalue weighted by Gasteiger charge is -2.06. The van der Waals surface area contributed by atoms with E-state index < -0.39 is 0 Å². The molecular formula is C21H25NO2. The molecule has 3 nitrogen and oxygen atoms in total. The van der Waals surface area contributed by atoms with Crippen molar-refractivity contribution in [2.24, 2.45) is 5.92 Å². The van der Waals surface area contributed by atoms with Crippen molar-refractivity contribution in [1.29, 1.82) is 0 Å². The molecule has 0 unspecified atom stereocenters. The lowest BCUT2D eigenvalue weighted by Crippen LogP contribution is -2.07. The molecule has 2 aromatic carbocycles. The smallest absolute Gasteiger partial charge is 0.248 e. The number of rotatable bonds is 7. The predicted octanol–water partition coefficient (Wildman–Crippen LogP) is 4.94. The van der Waals surface area contributed by atoms with Crippen LogP contribution in [0.3, 0.4) is 0 Å². The highest BCUT2D eigenvalue weighted by Crippen LogP contribution is 2.16. The Balaban J connectivity index is 1.90. The molecule has 0 bridgehead atoms. The minimum Gasteiger partial charge on any atom is -0.494 e. The van der Waals surface area contributed by atoms with Crippen LogP contribution in [0.2, 0.25) is 0 Å². The van der Waals surface area contributed by atoms with Crippen LogP contribution in [0, 0.1) is 5.92 Å². The monoisotopic (exact) mass is 323 g/mol. The van der Waals surface area contributed by atoms with Crippen LogP contribution in [-0.2, 0) is 11.2 Å². The normalized spacial score (nSPS) is 11.0. The molecule has 2 rings (SSSR count). The second-order valence-electron chi connectivity index (χ2n) is 6.12. The molecule has 1 N–H and O–H groups in total. The van der Waals surface area contributed by atoms with Crippen molar-refractivity contribution in [2.75, 3.05) is 11.9 Å². The minimum atomic E-state index is -0.148. The Bertz CT molecular complexity index is 670. The van der Waals surface area contributed by atoms with Gasteiger partial charge in [-0.2, -0.15) is 0 Å². The van der Waals surface area contributed by atoms with Gasteiger partial charge in [-0.15, -0.1) is 0 Å². The van der Waals surface area contributed by atoms with E-state index in [4.69, 9.17) is 4.74 Å². The van der Waals surface area contributed by atoms with E-state index in [0.717, 1.165) is 23.4 Å². The maximum atomic E-state index is 12.0. The van der Waals surface area contributed by atoms with E-state index >= 15 is 0 Å². The van der Waals surface area contributed by atoms with Gasteiger partial charge in [0.05, 0.1) is 6.61 Å². The van der Waals surface area contributed by atoms with Crippen LogP contribution in [0.25, 0.3) is 6.08 Å². The number of benzene rings is 2. The minimum absolute atomic E-state index is 0.148. The number of amides is 1. The summed E-state index contributed by atoms with van der Waals surface area (Å²) in [7, 11) is 0. The summed E-state index contributed by atoms with van der Waals surface area (Å²) in [6, 6.07) is 15.7. The van der Waals surface area contributed by atoms with E-state index in [2.05, 4.69) is 31.3 Å². The van der Waals surface area contributed by atoms with Crippen molar-refractivity contribution in [2.45, 2.75) is 27.2 Å². The molecule has 2 aromatic rings. The molecule has 0 spiro atoms. The lowest BCUT2D eigenvalue weighted by atomic mass is 10.0. The topological polar surface area (TPSA) is 38.3 Å². The first-order chi connectivity index (χ1) is 11.6. The first kappa shape index (κ1) is 17.8. The average Bonchev–Trinajstić information content (AvgIpc) is 2.56. The number of anilines is 1. The van der Waals surface area contributed by atoms with Crippen molar-refractivity contribution in [3.63, 3.8) is 0 Å². The Kier molecular flexibility index (Phi) is 6.62. The third-order valence-electron chi connectivity index (χ3n) is 3.48. The Labute approximate surface area is 144 Å². The van der Waals surface area contributed by atoms with E-state index in [-0.39, 0.29) is 5.91 Å². The van der Waals surface area contributed by atoms with Crippen LogP contribution in [-0.4, -0.2) is 12.5 Å². The van der Waals surface area contributed by atoms with Crippen LogP contribution in [0.1, 0.15) is 31.9 Å². The Hall–Kier alpha value is -2.55. The third kappa shape index (κ3) is 5.92. The van der Waals surface area contributed by atoms with Gasteiger partial charge in [0.15, 0.2) is 0 Å². The van der Waals surface area contributed by atoms with Crippen LogP contribution in [0.5, 0.6) is 5.75 Å². The molecule has 1 amide bonds. The molecule has 0 saturated carbocycles. The van der Waals surface area contributed by atoms with Gasteiger partial charge in [-0.25, -0.2) is 0 Å². The van der Waals surface area contributed by atoms with Gasteiger partial charge in [0, 0.05) is 11.8 Å². The number of carbonyl (C=O) groups is 1. The highest BCUT2D eigenvalue weighted by Gasteiger charge is 2.00. The highest BCUT2D eigenvalue weighted by molar-refractivity contribution is 6.01. The summed E-state index contributed by atoms with van der Waals surface area (Å²) in [4.78, 5) is 12.0. The number of nitrogens with one attached hydrogen (secondary N) is 1. The summed E-state index contributed by atoms with van der Waals surface area (Å²) in [6.45, 7) is 6.98. The van der Waals surface area contributed by atoms with Gasteiger partial charge < -0.3 is 10.1 Å². The summed E-state index contributed by atoms with van der Waals surface area (Å²) in [6.07, 6.45) is 4.44. The molecule has 0 aliphatic carbocycles. The molecular weight excluding hydrogens is 298 g/mol. The van der Waals surface area contributed by atoms with Crippen LogP contribution in [0.4, 0.5) is 5.69 Å². The fourth-order valence-corrected chi connectivity index (χ4v) is 2.39. The van der Waals surface area contributed by atoms with E-state index in [1.165, 1.54) is 5.56 Å². The van der Waals surface area contributed by atoms with Gasteiger partial charge in [0.1, 0.15) is 5.75 Å². The molecule has 0 atom stereocenters. The Morgan fingerprint density at radius 2 is 1.75 bits per heavy atom. The average molecular weight is 323 g/mol. The highest BCUT2D eigenvalue weighted by atomic mass is 16.5. The van der Waals surface area contributed by atoms with E-state index in [1.54, 1.807) is 6.08 Å². The van der Waals surface area contributed by atoms with Gasteiger partial charge in [-0.1, -0.05) is 38.1 Å². The van der Waals surface area contributed by atoms with Crippen molar-refractivity contribution in [3.8, 4) is 5.75 Å². The Morgan fingerprint density at radius 1 is 1.08 bits per heavy atom. The summed E-state index contributed by atoms with van der Waals surface area (Å²) >= 11 is 0. The fraction of sp³-hybridized carbons (Fsp3) is 0.286. The number of ether oxygens (including phenoxy) is 1. The molecule has 0 aromatic heterocycles. The fourth-order valence-electron chi connectivity index (χ4n) is 2.39. The van der Waals surface area contributed by atoms with Gasteiger partial charge >= 0.3 is 0 Å². The lowest BCUT2D eigenvalue weighted by molar-refractivity contribution is -0.111. The number of carbonyl (C=O) groups excluding carboxylic acids is 1. The molecule has 24 heavy (non-hydrogen) atoms. The van der Waals surface area contributed by atoms with Gasteiger partial charge in [-0.3, -0.25) is 4.79 Å². The van der Waals surface area contributed by atoms with Crippen LogP contribution in [0.15, 0.2) is 54.6 Å². The molecule has 0 radical (unpaired) electrons. The van der Waals surface area contributed by atoms with Gasteiger partial charge in [0.25, 0.3) is 0 Å². The second-order valence-corrected chi connectivity index (χ2v) is 6.12. The van der Waals surface area contributed by atoms with Gasteiger partial charge in [0.2, 0.25) is 5.91 Å². The predicted molar refractivity (Wildman–Crippen MR) is 100 cm³/mol. The van der Waals surface area contributed by atoms with E-state index in [9.17, 15) is 4.79 Å². The maximum absolute atomic E-state index is 12.0. The van der Waals surface area contributed by atoms with Crippen molar-refractivity contribution in [3.05, 3.63) is 65.7 Å². The molecule has 0 heterocycles. The van der Waals surface area contributed by atoms with E-state index in [1.807, 2.05) is 49.4 Å². The standard InChI is InChI=1S/C21H25NO2/c1-4-24-20-12-10-19(11-13-20)22-21(23)14-9-17-5-7-18(8-6-17)15-16(2)3/h5-14,16H,4,15H2,1-3H3,(H,22,23). The molecule has 126 valence electrons. The SMILES string of the molecule is CCOc1ccc(NC(=O)C=Cc2ccc(CC(C)C)cc2)cc1. The molecule has 0 saturated heterocycles. The molecule has 0 aliphatic heterocycles. The quantitative estimate of drug-likeness (QED) is 0.733. The van der Waals surface area contributed by atoms with Crippen LogP contribution >= 0.6 is 0 Å². The number of hydrogen-bond donors (Lipinski definition) is 1. The summed E-state index contributed by atoms with van der Waals surface area (Å²) in [5, 5.41) is 2.84. The summed E-state index contributed by atoms with van der Waals surface area (Å²) in [5.74, 6) is 1.30. The third-order valence-corrected chi connectivity index (χ3v) is 3.48. The van der Waals surface area contributed by atoms with Crippen molar-refractivity contribution < 1.29 is 9.53 Å². The zero-order valence-corrected chi connectivity index (χ0v) is 14.6. The van der Waals surface area contributed by atoms with Crippen LogP contribution < -0.4 is 10.1 Å².